The van der Waals surface area contributed by atoms with Gasteiger partial charge in [0.15, 0.2) is 0 Å². The molecule has 110 valence electrons. The summed E-state index contributed by atoms with van der Waals surface area (Å²) in [6, 6.07) is 11.7. The van der Waals surface area contributed by atoms with Crippen LogP contribution in [0.1, 0.15) is 16.7 Å². The van der Waals surface area contributed by atoms with E-state index in [9.17, 15) is 8.42 Å². The van der Waals surface area contributed by atoms with Crippen molar-refractivity contribution in [3.8, 4) is 0 Å². The van der Waals surface area contributed by atoms with Crippen LogP contribution >= 0.6 is 23.2 Å². The zero-order chi connectivity index (χ0) is 15.6. The smallest absolute Gasteiger partial charge is 0.199 e. The lowest BCUT2D eigenvalue weighted by Crippen LogP contribution is -2.04. The minimum Gasteiger partial charge on any atom is -0.199 e. The fraction of sp³-hybridized carbons (Fsp3) is 0.133. The average molecular weight is 342 g/mol. The van der Waals surface area contributed by atoms with E-state index < -0.39 is 10.0 Å². The molecule has 0 spiro atoms. The predicted molar refractivity (Wildman–Crippen MR) is 86.9 cm³/mol. The molecule has 21 heavy (non-hydrogen) atoms. The highest BCUT2D eigenvalue weighted by Gasteiger charge is 2.17. The van der Waals surface area contributed by atoms with Gasteiger partial charge in [-0.2, -0.15) is 8.42 Å². The third-order valence-corrected chi connectivity index (χ3v) is 4.98. The van der Waals surface area contributed by atoms with E-state index in [0.29, 0.717) is 16.1 Å². The van der Waals surface area contributed by atoms with Gasteiger partial charge in [0.25, 0.3) is 10.0 Å². The topological polar surface area (TPSA) is 46.5 Å². The monoisotopic (exact) mass is 341 g/mol. The fourth-order valence-electron chi connectivity index (χ4n) is 1.78. The summed E-state index contributed by atoms with van der Waals surface area (Å²) in [5.41, 5.74) is 1.97. The van der Waals surface area contributed by atoms with Gasteiger partial charge in [0.05, 0.1) is 4.90 Å². The molecule has 0 aliphatic rings. The van der Waals surface area contributed by atoms with Crippen LogP contribution in [0.5, 0.6) is 0 Å². The molecule has 0 aliphatic carbocycles. The number of hydrogen-bond acceptors (Lipinski definition) is 2. The normalized spacial score (nSPS) is 12.5. The first-order valence-electron chi connectivity index (χ1n) is 6.13. The van der Waals surface area contributed by atoms with Crippen molar-refractivity contribution in [2.24, 2.45) is 4.40 Å². The van der Waals surface area contributed by atoms with Gasteiger partial charge in [-0.15, -0.1) is 4.40 Å². The molecule has 0 amide bonds. The lowest BCUT2D eigenvalue weighted by atomic mass is 10.2. The Morgan fingerprint density at radius 3 is 2.29 bits per heavy atom. The number of halogens is 2. The lowest BCUT2D eigenvalue weighted by Gasteiger charge is -2.06. The molecule has 0 aliphatic heterocycles. The summed E-state index contributed by atoms with van der Waals surface area (Å²) in [4.78, 5) is 0.162. The van der Waals surface area contributed by atoms with E-state index in [1.165, 1.54) is 0 Å². The predicted octanol–water partition coefficient (Wildman–Crippen LogP) is 4.33. The van der Waals surface area contributed by atoms with Crippen molar-refractivity contribution in [3.63, 3.8) is 0 Å². The van der Waals surface area contributed by atoms with Gasteiger partial charge < -0.3 is 0 Å². The highest BCUT2D eigenvalue weighted by molar-refractivity contribution is 7.90. The molecule has 0 radical (unpaired) electrons. The van der Waals surface area contributed by atoms with Gasteiger partial charge in [0, 0.05) is 10.6 Å². The van der Waals surface area contributed by atoms with Crippen LogP contribution in [0.4, 0.5) is 0 Å². The molecule has 2 aromatic rings. The molecule has 0 bridgehead atoms. The molecule has 0 saturated carbocycles. The van der Waals surface area contributed by atoms with Gasteiger partial charge in [-0.3, -0.25) is 0 Å². The summed E-state index contributed by atoms with van der Waals surface area (Å²) >= 11 is 11.8. The molecule has 0 atom stereocenters. The second-order valence-electron chi connectivity index (χ2n) is 4.63. The summed E-state index contributed by atoms with van der Waals surface area (Å²) in [6.07, 6.45) is 0. The molecule has 2 rings (SSSR count). The van der Waals surface area contributed by atoms with E-state index in [0.717, 1.165) is 5.56 Å². The highest BCUT2D eigenvalue weighted by Crippen LogP contribution is 2.21. The van der Waals surface area contributed by atoms with Crippen molar-refractivity contribution < 1.29 is 8.42 Å². The van der Waals surface area contributed by atoms with Crippen LogP contribution < -0.4 is 0 Å². The maximum absolute atomic E-state index is 12.4. The quantitative estimate of drug-likeness (QED) is 0.780. The Hall–Kier alpha value is -1.36. The molecule has 6 heteroatoms. The van der Waals surface area contributed by atoms with E-state index in [1.807, 2.05) is 13.0 Å². The van der Waals surface area contributed by atoms with E-state index in [2.05, 4.69) is 4.40 Å². The van der Waals surface area contributed by atoms with Gasteiger partial charge in [-0.25, -0.2) is 0 Å². The van der Waals surface area contributed by atoms with E-state index in [4.69, 9.17) is 23.2 Å². The van der Waals surface area contributed by atoms with Crippen molar-refractivity contribution >= 4 is 38.4 Å². The third kappa shape index (κ3) is 3.84. The number of benzene rings is 2. The Bertz CT molecular complexity index is 797. The van der Waals surface area contributed by atoms with Crippen LogP contribution in [0, 0.1) is 13.8 Å². The average Bonchev–Trinajstić information content (AvgIpc) is 2.41. The third-order valence-electron chi connectivity index (χ3n) is 2.90. The van der Waals surface area contributed by atoms with Crippen molar-refractivity contribution in [1.29, 1.82) is 0 Å². The SMILES string of the molecule is Cc1ccc(C)c(S(=O)(=O)/N=C(/Cl)c2ccc(Cl)cc2)c1. The fourth-order valence-corrected chi connectivity index (χ4v) is 3.53. The van der Waals surface area contributed by atoms with Crippen molar-refractivity contribution in [1.82, 2.24) is 0 Å². The zero-order valence-corrected chi connectivity index (χ0v) is 13.8. The van der Waals surface area contributed by atoms with E-state index in [-0.39, 0.29) is 10.1 Å². The van der Waals surface area contributed by atoms with Crippen molar-refractivity contribution in [3.05, 3.63) is 64.2 Å². The van der Waals surface area contributed by atoms with Crippen LogP contribution in [-0.4, -0.2) is 13.6 Å². The summed E-state index contributed by atoms with van der Waals surface area (Å²) < 4.78 is 28.4. The minimum atomic E-state index is -3.85. The Morgan fingerprint density at radius 2 is 1.67 bits per heavy atom. The summed E-state index contributed by atoms with van der Waals surface area (Å²) in [5, 5.41) is 0.452. The molecule has 0 fully saturated rings. The molecule has 3 nitrogen and oxygen atoms in total. The summed E-state index contributed by atoms with van der Waals surface area (Å²) in [7, 11) is -3.85. The Morgan fingerprint density at radius 1 is 1.05 bits per heavy atom. The maximum Gasteiger partial charge on any atom is 0.283 e. The second kappa shape index (κ2) is 6.18. The Kier molecular flexibility index (Phi) is 4.71. The van der Waals surface area contributed by atoms with Crippen LogP contribution in [0.3, 0.4) is 0 Å². The molecule has 0 aromatic heterocycles. The molecular formula is C15H13Cl2NO2S. The molecule has 0 unspecified atom stereocenters. The van der Waals surface area contributed by atoms with Gasteiger partial charge in [0.2, 0.25) is 0 Å². The van der Waals surface area contributed by atoms with Crippen LogP contribution in [-0.2, 0) is 10.0 Å². The van der Waals surface area contributed by atoms with Crippen LogP contribution in [0.25, 0.3) is 0 Å². The molecule has 0 N–H and O–H groups in total. The maximum atomic E-state index is 12.4. The zero-order valence-electron chi connectivity index (χ0n) is 11.5. The van der Waals surface area contributed by atoms with Gasteiger partial charge in [-0.05, 0) is 43.2 Å². The lowest BCUT2D eigenvalue weighted by molar-refractivity contribution is 0.597. The second-order valence-corrected chi connectivity index (χ2v) is 7.00. The molecule has 2 aromatic carbocycles. The number of nitrogens with zero attached hydrogens (tertiary/aromatic N) is 1. The van der Waals surface area contributed by atoms with Gasteiger partial charge in [-0.1, -0.05) is 47.5 Å². The highest BCUT2D eigenvalue weighted by atomic mass is 35.5. The van der Waals surface area contributed by atoms with Crippen LogP contribution in [0.15, 0.2) is 51.8 Å². The van der Waals surface area contributed by atoms with E-state index >= 15 is 0 Å². The number of hydrogen-bond donors (Lipinski definition) is 0. The Balaban J connectivity index is 2.47. The number of sulfonamides is 1. The van der Waals surface area contributed by atoms with Gasteiger partial charge in [0.1, 0.15) is 5.17 Å². The van der Waals surface area contributed by atoms with Crippen molar-refractivity contribution in [2.45, 2.75) is 18.7 Å². The molecule has 0 saturated heterocycles. The Labute approximate surface area is 134 Å². The first-order valence-corrected chi connectivity index (χ1v) is 8.33. The largest absolute Gasteiger partial charge is 0.283 e. The van der Waals surface area contributed by atoms with Crippen LogP contribution in [0.2, 0.25) is 5.02 Å². The van der Waals surface area contributed by atoms with E-state index in [1.54, 1.807) is 43.3 Å². The first kappa shape index (κ1) is 16.0. The van der Waals surface area contributed by atoms with Gasteiger partial charge >= 0.3 is 0 Å². The minimum absolute atomic E-state index is 0.0902. The molecule has 0 heterocycles. The first-order chi connectivity index (χ1) is 9.79. The number of aryl methyl sites for hydroxylation is 2. The standard InChI is InChI=1S/C15H13Cl2NO2S/c1-10-3-4-11(2)14(9-10)21(19,20)18-15(17)12-5-7-13(16)8-6-12/h3-9H,1-2H3/b18-15+. The van der Waals surface area contributed by atoms with Crippen molar-refractivity contribution in [2.75, 3.05) is 0 Å². The number of rotatable bonds is 3. The summed E-state index contributed by atoms with van der Waals surface area (Å²) in [6.45, 7) is 3.54. The molecular weight excluding hydrogens is 329 g/mol. The summed E-state index contributed by atoms with van der Waals surface area (Å²) in [5.74, 6) is 0.